The quantitative estimate of drug-likeness (QED) is 0.0211. The van der Waals surface area contributed by atoms with Crippen molar-refractivity contribution in [3.8, 4) is 0 Å². The lowest BCUT2D eigenvalue weighted by molar-refractivity contribution is -0.870. The maximum atomic E-state index is 12.9. The van der Waals surface area contributed by atoms with Crippen molar-refractivity contribution in [2.75, 3.05) is 47.5 Å². The summed E-state index contributed by atoms with van der Waals surface area (Å²) in [6.45, 7) is 4.52. The van der Waals surface area contributed by atoms with Crippen molar-refractivity contribution >= 4 is 19.8 Å². The fraction of sp³-hybridized carbons (Fsp3) is 0.930. The number of hydrogen-bond acceptors (Lipinski definition) is 7. The Bertz CT molecular complexity index is 1660. The average Bonchev–Trinajstić information content (AvgIpc) is 2.74. The van der Waals surface area contributed by atoms with Crippen LogP contribution in [0.25, 0.3) is 0 Å². The van der Waals surface area contributed by atoms with Crippen LogP contribution in [0.2, 0.25) is 0 Å². The second kappa shape index (κ2) is 77.6. The van der Waals surface area contributed by atoms with E-state index in [2.05, 4.69) is 38.2 Å². The first-order chi connectivity index (χ1) is 47.0. The van der Waals surface area contributed by atoms with E-state index in [4.69, 9.17) is 18.5 Å². The predicted molar refractivity (Wildman–Crippen MR) is 418 cm³/mol. The molecule has 0 aliphatic heterocycles. The van der Waals surface area contributed by atoms with Gasteiger partial charge in [0.2, 0.25) is 0 Å². The number of ether oxygens (including phenoxy) is 2. The third kappa shape index (κ3) is 81.5. The van der Waals surface area contributed by atoms with E-state index in [1.807, 2.05) is 21.1 Å². The number of carbonyl (C=O) groups is 2. The SMILES string of the molecule is CCCCCCC/C=C\C/C=C\CCCCCCCCCCCCCCCCCCCCCCCCCC(=O)OC(COC(=O)CCCCCCCCCCCCCCCCCCCCCCCCCCCCCCCCCCCCCCC)COP(=O)(O)OCC[N+](C)(C)C. The van der Waals surface area contributed by atoms with Gasteiger partial charge in [-0.2, -0.15) is 0 Å². The molecule has 0 aliphatic rings. The number of likely N-dealkylation sites (N-methyl/N-ethyl adjacent to an activating group) is 1. The lowest BCUT2D eigenvalue weighted by Crippen LogP contribution is -2.37. The van der Waals surface area contributed by atoms with Crippen molar-refractivity contribution in [3.63, 3.8) is 0 Å². The summed E-state index contributed by atoms with van der Waals surface area (Å²) < 4.78 is 34.9. The number of esters is 2. The molecular formula is C86H169NO8P+. The molecule has 0 aromatic carbocycles. The van der Waals surface area contributed by atoms with E-state index >= 15 is 0 Å². The standard InChI is InChI=1S/C86H168NO8P/c1-6-8-10-12-14-16-18-20-22-24-26-28-30-32-34-36-38-40-42-43-45-46-48-50-52-54-56-58-60-62-64-66-68-70-72-74-76-78-85(88)92-82-84(83-94-96(90,91)93-81-80-87(3,4)5)95-86(89)79-77-75-73-71-69-67-65-63-61-59-57-55-53-51-49-47-44-41-39-37-35-33-31-29-27-25-23-21-19-17-15-13-11-9-7-2/h19,21,25,27,84H,6-18,20,22-24,26,28-83H2,1-5H3/p+1/b21-19-,27-25-. The van der Waals surface area contributed by atoms with Crippen molar-refractivity contribution in [2.45, 2.75) is 469 Å². The normalized spacial score (nSPS) is 13.0. The largest absolute Gasteiger partial charge is 0.472 e. The van der Waals surface area contributed by atoms with Gasteiger partial charge in [-0.05, 0) is 44.9 Å². The zero-order valence-electron chi connectivity index (χ0n) is 65.4. The predicted octanol–water partition coefficient (Wildman–Crippen LogP) is 28.7. The molecule has 0 saturated carbocycles. The summed E-state index contributed by atoms with van der Waals surface area (Å²) in [6.07, 6.45) is 101. The second-order valence-corrected chi connectivity index (χ2v) is 32.4. The van der Waals surface area contributed by atoms with E-state index < -0.39 is 26.5 Å². The van der Waals surface area contributed by atoms with Crippen LogP contribution in [0.1, 0.15) is 463 Å². The van der Waals surface area contributed by atoms with Crippen LogP contribution in [0.3, 0.4) is 0 Å². The van der Waals surface area contributed by atoms with Gasteiger partial charge in [-0.1, -0.05) is 430 Å². The Morgan fingerprint density at radius 1 is 0.323 bits per heavy atom. The number of phosphoric ester groups is 1. The summed E-state index contributed by atoms with van der Waals surface area (Å²) in [5.41, 5.74) is 0. The van der Waals surface area contributed by atoms with Crippen LogP contribution in [0.15, 0.2) is 24.3 Å². The minimum absolute atomic E-state index is 0.0364. The summed E-state index contributed by atoms with van der Waals surface area (Å²) in [6, 6.07) is 0. The highest BCUT2D eigenvalue weighted by Gasteiger charge is 2.27. The monoisotopic (exact) mass is 1380 g/mol. The summed E-state index contributed by atoms with van der Waals surface area (Å²) in [5.74, 6) is -0.766. The second-order valence-electron chi connectivity index (χ2n) is 30.9. The van der Waals surface area contributed by atoms with Crippen LogP contribution >= 0.6 is 7.82 Å². The van der Waals surface area contributed by atoms with E-state index in [0.717, 1.165) is 44.9 Å². The number of phosphoric acid groups is 1. The highest BCUT2D eigenvalue weighted by molar-refractivity contribution is 7.47. The highest BCUT2D eigenvalue weighted by atomic mass is 31.2. The van der Waals surface area contributed by atoms with Crippen LogP contribution < -0.4 is 0 Å². The van der Waals surface area contributed by atoms with Gasteiger partial charge in [0, 0.05) is 12.8 Å². The van der Waals surface area contributed by atoms with Crippen molar-refractivity contribution in [1.29, 1.82) is 0 Å². The third-order valence-corrected chi connectivity index (χ3v) is 21.0. The zero-order chi connectivity index (χ0) is 69.7. The molecular weight excluding hydrogens is 1210 g/mol. The van der Waals surface area contributed by atoms with Gasteiger partial charge in [0.05, 0.1) is 27.7 Å². The van der Waals surface area contributed by atoms with Gasteiger partial charge in [0.1, 0.15) is 19.8 Å². The van der Waals surface area contributed by atoms with Gasteiger partial charge in [-0.15, -0.1) is 0 Å². The molecule has 2 atom stereocenters. The molecule has 0 bridgehead atoms. The molecule has 0 amide bonds. The van der Waals surface area contributed by atoms with Crippen molar-refractivity contribution in [3.05, 3.63) is 24.3 Å². The van der Waals surface area contributed by atoms with Gasteiger partial charge in [-0.25, -0.2) is 4.57 Å². The first-order valence-corrected chi connectivity index (χ1v) is 44.6. The number of quaternary nitrogens is 1. The van der Waals surface area contributed by atoms with Gasteiger partial charge in [0.25, 0.3) is 0 Å². The van der Waals surface area contributed by atoms with E-state index in [0.29, 0.717) is 17.4 Å². The minimum Gasteiger partial charge on any atom is -0.462 e. The fourth-order valence-electron chi connectivity index (χ4n) is 13.4. The highest BCUT2D eigenvalue weighted by Crippen LogP contribution is 2.43. The summed E-state index contributed by atoms with van der Waals surface area (Å²) >= 11 is 0. The Morgan fingerprint density at radius 2 is 0.562 bits per heavy atom. The van der Waals surface area contributed by atoms with Crippen LogP contribution in [-0.2, 0) is 32.7 Å². The van der Waals surface area contributed by atoms with Crippen LogP contribution in [0.5, 0.6) is 0 Å². The van der Waals surface area contributed by atoms with Gasteiger partial charge in [-0.3, -0.25) is 18.6 Å². The van der Waals surface area contributed by atoms with E-state index in [9.17, 15) is 19.0 Å². The molecule has 0 fully saturated rings. The van der Waals surface area contributed by atoms with Crippen LogP contribution in [0.4, 0.5) is 0 Å². The number of unbranched alkanes of at least 4 members (excludes halogenated alkanes) is 64. The molecule has 2 unspecified atom stereocenters. The summed E-state index contributed by atoms with van der Waals surface area (Å²) in [7, 11) is 1.51. The van der Waals surface area contributed by atoms with E-state index in [1.165, 1.54) is 392 Å². The first kappa shape index (κ1) is 94.5. The molecule has 96 heavy (non-hydrogen) atoms. The van der Waals surface area contributed by atoms with Crippen molar-refractivity contribution < 1.29 is 42.1 Å². The molecule has 1 N–H and O–H groups in total. The number of hydrogen-bond donors (Lipinski definition) is 1. The number of carbonyl (C=O) groups excluding carboxylic acids is 2. The molecule has 570 valence electrons. The zero-order valence-corrected chi connectivity index (χ0v) is 66.3. The smallest absolute Gasteiger partial charge is 0.462 e. The molecule has 10 heteroatoms. The lowest BCUT2D eigenvalue weighted by atomic mass is 10.0. The van der Waals surface area contributed by atoms with Gasteiger partial charge in [0.15, 0.2) is 6.10 Å². The molecule has 9 nitrogen and oxygen atoms in total. The van der Waals surface area contributed by atoms with E-state index in [-0.39, 0.29) is 25.6 Å². The lowest BCUT2D eigenvalue weighted by Gasteiger charge is -2.24. The Morgan fingerprint density at radius 3 is 0.823 bits per heavy atom. The van der Waals surface area contributed by atoms with Gasteiger partial charge >= 0.3 is 19.8 Å². The molecule has 0 rings (SSSR count). The average molecular weight is 1380 g/mol. The molecule has 0 aromatic rings. The molecule has 0 aromatic heterocycles. The maximum Gasteiger partial charge on any atom is 0.472 e. The third-order valence-electron chi connectivity index (χ3n) is 20.0. The minimum atomic E-state index is -4.39. The van der Waals surface area contributed by atoms with Crippen LogP contribution in [-0.4, -0.2) is 74.9 Å². The number of nitrogens with zero attached hydrogens (tertiary/aromatic N) is 1. The topological polar surface area (TPSA) is 108 Å². The molecule has 0 radical (unpaired) electrons. The van der Waals surface area contributed by atoms with Crippen LogP contribution in [0, 0.1) is 0 Å². The number of allylic oxidation sites excluding steroid dienone is 4. The first-order valence-electron chi connectivity index (χ1n) is 43.1. The van der Waals surface area contributed by atoms with Gasteiger partial charge < -0.3 is 18.9 Å². The molecule has 0 spiro atoms. The van der Waals surface area contributed by atoms with E-state index in [1.54, 1.807) is 0 Å². The Hall–Kier alpha value is -1.51. The van der Waals surface area contributed by atoms with Crippen molar-refractivity contribution in [2.24, 2.45) is 0 Å². The Kier molecular flexibility index (Phi) is 76.4. The Labute approximate surface area is 599 Å². The molecule has 0 heterocycles. The maximum absolute atomic E-state index is 12.9. The Balaban J connectivity index is 3.85. The van der Waals surface area contributed by atoms with Crippen molar-refractivity contribution in [1.82, 2.24) is 0 Å². The number of rotatable bonds is 82. The molecule has 0 saturated heterocycles. The fourth-order valence-corrected chi connectivity index (χ4v) is 14.2. The molecule has 0 aliphatic carbocycles. The summed E-state index contributed by atoms with van der Waals surface area (Å²) in [5, 5.41) is 0. The summed E-state index contributed by atoms with van der Waals surface area (Å²) in [4.78, 5) is 36.0.